The first kappa shape index (κ1) is 11.7. The summed E-state index contributed by atoms with van der Waals surface area (Å²) < 4.78 is -1.02. The number of carboxylic acid groups (broad SMARTS) is 1. The van der Waals surface area contributed by atoms with Crippen molar-refractivity contribution in [3.63, 3.8) is 0 Å². The molecular weight excluding hydrogens is 216 g/mol. The van der Waals surface area contributed by atoms with E-state index in [1.807, 2.05) is 0 Å². The van der Waals surface area contributed by atoms with Crippen molar-refractivity contribution in [3.05, 3.63) is 18.2 Å². The zero-order chi connectivity index (χ0) is 11.6. The Hall–Kier alpha value is -1.36. The van der Waals surface area contributed by atoms with Gasteiger partial charge in [0.1, 0.15) is 16.2 Å². The van der Waals surface area contributed by atoms with E-state index in [0.717, 1.165) is 11.8 Å². The molecule has 0 aromatic heterocycles. The summed E-state index contributed by atoms with van der Waals surface area (Å²) >= 11 is 1.03. The summed E-state index contributed by atoms with van der Waals surface area (Å²) in [4.78, 5) is 11.3. The summed E-state index contributed by atoms with van der Waals surface area (Å²) in [7, 11) is 0. The summed E-state index contributed by atoms with van der Waals surface area (Å²) in [5, 5.41) is 27.4. The minimum atomic E-state index is -1.02. The second-order valence-electron chi connectivity index (χ2n) is 3.57. The van der Waals surface area contributed by atoms with Crippen LogP contribution in [0.25, 0.3) is 0 Å². The number of rotatable bonds is 3. The first-order chi connectivity index (χ1) is 6.83. The van der Waals surface area contributed by atoms with Crippen LogP contribution in [0.5, 0.6) is 11.5 Å². The van der Waals surface area contributed by atoms with Crippen LogP contribution < -0.4 is 0 Å². The van der Waals surface area contributed by atoms with Crippen LogP contribution in [-0.2, 0) is 4.79 Å². The van der Waals surface area contributed by atoms with E-state index in [0.29, 0.717) is 4.90 Å². The molecule has 0 amide bonds. The fraction of sp³-hybridized carbons (Fsp3) is 0.300. The van der Waals surface area contributed by atoms with Gasteiger partial charge in [-0.05, 0) is 26.0 Å². The fourth-order valence-electron chi connectivity index (χ4n) is 0.911. The quantitative estimate of drug-likeness (QED) is 0.690. The molecule has 0 saturated carbocycles. The third-order valence-corrected chi connectivity index (χ3v) is 3.07. The van der Waals surface area contributed by atoms with Crippen molar-refractivity contribution >= 4 is 17.7 Å². The Morgan fingerprint density at radius 3 is 2.40 bits per heavy atom. The number of hydrogen-bond acceptors (Lipinski definition) is 4. The lowest BCUT2D eigenvalue weighted by Crippen LogP contribution is -2.26. The number of carboxylic acids is 1. The summed E-state index contributed by atoms with van der Waals surface area (Å²) in [6.07, 6.45) is 0. The van der Waals surface area contributed by atoms with Gasteiger partial charge in [-0.25, -0.2) is 0 Å². The summed E-state index contributed by atoms with van der Waals surface area (Å²) in [6.45, 7) is 3.10. The lowest BCUT2D eigenvalue weighted by Gasteiger charge is -2.18. The minimum Gasteiger partial charge on any atom is -0.508 e. The molecule has 0 aliphatic rings. The third kappa shape index (κ3) is 2.79. The SMILES string of the molecule is CC(C)(Sc1ccc(O)cc1O)C(=O)O. The van der Waals surface area contributed by atoms with E-state index in [-0.39, 0.29) is 11.5 Å². The van der Waals surface area contributed by atoms with Gasteiger partial charge in [-0.1, -0.05) is 0 Å². The highest BCUT2D eigenvalue weighted by Crippen LogP contribution is 2.39. The highest BCUT2D eigenvalue weighted by atomic mass is 32.2. The van der Waals surface area contributed by atoms with Crippen molar-refractivity contribution in [1.82, 2.24) is 0 Å². The van der Waals surface area contributed by atoms with Crippen molar-refractivity contribution < 1.29 is 20.1 Å². The maximum atomic E-state index is 10.9. The molecule has 0 saturated heterocycles. The molecule has 15 heavy (non-hydrogen) atoms. The largest absolute Gasteiger partial charge is 0.508 e. The summed E-state index contributed by atoms with van der Waals surface area (Å²) in [6, 6.07) is 4.07. The fourth-order valence-corrected chi connectivity index (χ4v) is 1.85. The second-order valence-corrected chi connectivity index (χ2v) is 5.23. The molecule has 5 heteroatoms. The van der Waals surface area contributed by atoms with Crippen LogP contribution in [0.15, 0.2) is 23.1 Å². The van der Waals surface area contributed by atoms with Gasteiger partial charge in [0.15, 0.2) is 0 Å². The number of phenolic OH excluding ortho intramolecular Hbond substituents is 2. The molecule has 0 heterocycles. The van der Waals surface area contributed by atoms with Crippen LogP contribution in [0.1, 0.15) is 13.8 Å². The smallest absolute Gasteiger partial charge is 0.319 e. The Balaban J connectivity index is 2.95. The first-order valence-corrected chi connectivity index (χ1v) is 5.09. The lowest BCUT2D eigenvalue weighted by atomic mass is 10.2. The molecule has 1 aromatic carbocycles. The number of carbonyl (C=O) groups is 1. The molecule has 1 aromatic rings. The number of phenols is 2. The molecule has 0 unspecified atom stereocenters. The highest BCUT2D eigenvalue weighted by molar-refractivity contribution is 8.01. The molecular formula is C10H12O4S. The predicted octanol–water partition coefficient (Wildman–Crippen LogP) is 2.05. The van der Waals surface area contributed by atoms with Crippen LogP contribution >= 0.6 is 11.8 Å². The van der Waals surface area contributed by atoms with Gasteiger partial charge in [0.25, 0.3) is 0 Å². The second kappa shape index (κ2) is 4.02. The van der Waals surface area contributed by atoms with Crippen LogP contribution in [0.2, 0.25) is 0 Å². The summed E-state index contributed by atoms with van der Waals surface area (Å²) in [5.41, 5.74) is 0. The number of aromatic hydroxyl groups is 2. The van der Waals surface area contributed by atoms with Crippen molar-refractivity contribution in [1.29, 1.82) is 0 Å². The van der Waals surface area contributed by atoms with E-state index in [4.69, 9.17) is 10.2 Å². The van der Waals surface area contributed by atoms with Gasteiger partial charge in [-0.3, -0.25) is 4.79 Å². The van der Waals surface area contributed by atoms with Crippen molar-refractivity contribution in [2.24, 2.45) is 0 Å². The average molecular weight is 228 g/mol. The number of aliphatic carboxylic acids is 1. The molecule has 0 fully saturated rings. The number of hydrogen-bond donors (Lipinski definition) is 3. The average Bonchev–Trinajstić information content (AvgIpc) is 2.09. The molecule has 0 aliphatic heterocycles. The van der Waals surface area contributed by atoms with E-state index in [1.165, 1.54) is 18.2 Å². The Morgan fingerprint density at radius 1 is 1.33 bits per heavy atom. The van der Waals surface area contributed by atoms with E-state index in [9.17, 15) is 9.90 Å². The number of benzene rings is 1. The maximum absolute atomic E-state index is 10.9. The molecule has 0 radical (unpaired) electrons. The Bertz CT molecular complexity index is 387. The predicted molar refractivity (Wildman–Crippen MR) is 57.3 cm³/mol. The third-order valence-electron chi connectivity index (χ3n) is 1.82. The molecule has 0 aliphatic carbocycles. The minimum absolute atomic E-state index is 0.0509. The molecule has 4 nitrogen and oxygen atoms in total. The van der Waals surface area contributed by atoms with Crippen molar-refractivity contribution in [2.45, 2.75) is 23.5 Å². The summed E-state index contributed by atoms with van der Waals surface area (Å²) in [5.74, 6) is -1.13. The van der Waals surface area contributed by atoms with E-state index < -0.39 is 10.7 Å². The zero-order valence-corrected chi connectivity index (χ0v) is 9.21. The highest BCUT2D eigenvalue weighted by Gasteiger charge is 2.29. The van der Waals surface area contributed by atoms with Gasteiger partial charge in [0, 0.05) is 6.07 Å². The molecule has 0 atom stereocenters. The standard InChI is InChI=1S/C10H12O4S/c1-10(2,9(13)14)15-8-4-3-6(11)5-7(8)12/h3-5,11-12H,1-2H3,(H,13,14). The molecule has 82 valence electrons. The topological polar surface area (TPSA) is 77.8 Å². The van der Waals surface area contributed by atoms with Gasteiger partial charge in [-0.2, -0.15) is 0 Å². The zero-order valence-electron chi connectivity index (χ0n) is 8.39. The Labute approximate surface area is 91.6 Å². The van der Waals surface area contributed by atoms with Crippen molar-refractivity contribution in [3.8, 4) is 11.5 Å². The molecule has 0 bridgehead atoms. The van der Waals surface area contributed by atoms with Gasteiger partial charge in [-0.15, -0.1) is 11.8 Å². The van der Waals surface area contributed by atoms with Gasteiger partial charge in [0.05, 0.1) is 4.90 Å². The van der Waals surface area contributed by atoms with E-state index >= 15 is 0 Å². The Kier molecular flexibility index (Phi) is 3.14. The molecule has 0 spiro atoms. The van der Waals surface area contributed by atoms with Gasteiger partial charge in [0.2, 0.25) is 0 Å². The van der Waals surface area contributed by atoms with E-state index in [2.05, 4.69) is 0 Å². The van der Waals surface area contributed by atoms with Gasteiger partial charge < -0.3 is 15.3 Å². The molecule has 3 N–H and O–H groups in total. The first-order valence-electron chi connectivity index (χ1n) is 4.27. The maximum Gasteiger partial charge on any atom is 0.319 e. The van der Waals surface area contributed by atoms with E-state index in [1.54, 1.807) is 13.8 Å². The van der Waals surface area contributed by atoms with Crippen LogP contribution in [0.4, 0.5) is 0 Å². The molecule has 1 rings (SSSR count). The number of thioether (sulfide) groups is 1. The lowest BCUT2D eigenvalue weighted by molar-refractivity contribution is -0.138. The van der Waals surface area contributed by atoms with Crippen LogP contribution in [0.3, 0.4) is 0 Å². The normalized spacial score (nSPS) is 11.3. The van der Waals surface area contributed by atoms with Crippen LogP contribution in [-0.4, -0.2) is 26.0 Å². The monoisotopic (exact) mass is 228 g/mol. The van der Waals surface area contributed by atoms with Crippen LogP contribution in [0, 0.1) is 0 Å². The van der Waals surface area contributed by atoms with Crippen molar-refractivity contribution in [2.75, 3.05) is 0 Å². The van der Waals surface area contributed by atoms with Gasteiger partial charge >= 0.3 is 5.97 Å². The Morgan fingerprint density at radius 2 is 1.93 bits per heavy atom.